The standard InChI is InChI=1S/C12H13BrN2O3/c1-7-2-3-8(4-9(7)13)15-6-10(12(17)18)14-5-11(15)16/h2-4,10,14H,5-6H2,1H3,(H,17,18). The van der Waals surface area contributed by atoms with Gasteiger partial charge in [0.1, 0.15) is 6.04 Å². The largest absolute Gasteiger partial charge is 0.480 e. The first-order valence-electron chi connectivity index (χ1n) is 5.52. The predicted molar refractivity (Wildman–Crippen MR) is 70.7 cm³/mol. The van der Waals surface area contributed by atoms with Crippen LogP contribution >= 0.6 is 15.9 Å². The summed E-state index contributed by atoms with van der Waals surface area (Å²) in [6, 6.07) is 4.83. The van der Waals surface area contributed by atoms with E-state index < -0.39 is 12.0 Å². The summed E-state index contributed by atoms with van der Waals surface area (Å²) in [5, 5.41) is 11.7. The second-order valence-corrected chi connectivity index (χ2v) is 5.06. The van der Waals surface area contributed by atoms with Gasteiger partial charge in [-0.25, -0.2) is 0 Å². The van der Waals surface area contributed by atoms with Gasteiger partial charge in [0.15, 0.2) is 0 Å². The minimum Gasteiger partial charge on any atom is -0.480 e. The van der Waals surface area contributed by atoms with Crippen LogP contribution in [-0.2, 0) is 9.59 Å². The average molecular weight is 313 g/mol. The van der Waals surface area contributed by atoms with Gasteiger partial charge in [0.25, 0.3) is 0 Å². The Morgan fingerprint density at radius 2 is 2.28 bits per heavy atom. The molecule has 1 heterocycles. The number of hydrogen-bond acceptors (Lipinski definition) is 3. The molecule has 96 valence electrons. The van der Waals surface area contributed by atoms with E-state index in [-0.39, 0.29) is 19.0 Å². The minimum atomic E-state index is -0.946. The molecule has 6 heteroatoms. The molecular weight excluding hydrogens is 300 g/mol. The molecule has 1 aromatic carbocycles. The zero-order valence-corrected chi connectivity index (χ0v) is 11.4. The van der Waals surface area contributed by atoms with Gasteiger partial charge in [-0.2, -0.15) is 0 Å². The van der Waals surface area contributed by atoms with Crippen molar-refractivity contribution in [3.8, 4) is 0 Å². The van der Waals surface area contributed by atoms with Crippen LogP contribution in [0.1, 0.15) is 5.56 Å². The number of benzene rings is 1. The van der Waals surface area contributed by atoms with Crippen molar-refractivity contribution in [2.75, 3.05) is 18.0 Å². The Hall–Kier alpha value is -1.40. The van der Waals surface area contributed by atoms with Crippen molar-refractivity contribution in [3.05, 3.63) is 28.2 Å². The first kappa shape index (κ1) is 13.0. The summed E-state index contributed by atoms with van der Waals surface area (Å²) >= 11 is 3.41. The number of nitrogens with zero attached hydrogens (tertiary/aromatic N) is 1. The zero-order valence-electron chi connectivity index (χ0n) is 9.81. The molecular formula is C12H13BrN2O3. The zero-order chi connectivity index (χ0) is 13.3. The smallest absolute Gasteiger partial charge is 0.322 e. The number of amides is 1. The summed E-state index contributed by atoms with van der Waals surface area (Å²) in [6.07, 6.45) is 0. The van der Waals surface area contributed by atoms with Crippen molar-refractivity contribution < 1.29 is 14.7 Å². The Labute approximate surface area is 113 Å². The molecule has 0 bridgehead atoms. The molecule has 1 saturated heterocycles. The summed E-state index contributed by atoms with van der Waals surface area (Å²) < 4.78 is 0.901. The molecule has 2 N–H and O–H groups in total. The number of carbonyl (C=O) groups excluding carboxylic acids is 1. The fourth-order valence-electron chi connectivity index (χ4n) is 1.82. The third-order valence-corrected chi connectivity index (χ3v) is 3.79. The first-order valence-corrected chi connectivity index (χ1v) is 6.31. The Bertz CT molecular complexity index is 504. The van der Waals surface area contributed by atoms with E-state index in [2.05, 4.69) is 21.2 Å². The molecule has 0 aliphatic carbocycles. The highest BCUT2D eigenvalue weighted by atomic mass is 79.9. The minimum absolute atomic E-state index is 0.0441. The maximum absolute atomic E-state index is 11.8. The maximum Gasteiger partial charge on any atom is 0.322 e. The Morgan fingerprint density at radius 1 is 1.56 bits per heavy atom. The second kappa shape index (κ2) is 5.07. The molecule has 1 amide bonds. The van der Waals surface area contributed by atoms with Gasteiger partial charge in [-0.05, 0) is 24.6 Å². The lowest BCUT2D eigenvalue weighted by Crippen LogP contribution is -2.57. The Balaban J connectivity index is 2.26. The number of rotatable bonds is 2. The van der Waals surface area contributed by atoms with E-state index in [1.807, 2.05) is 25.1 Å². The monoisotopic (exact) mass is 312 g/mol. The number of nitrogens with one attached hydrogen (secondary N) is 1. The predicted octanol–water partition coefficient (Wildman–Crippen LogP) is 1.15. The van der Waals surface area contributed by atoms with E-state index in [9.17, 15) is 9.59 Å². The SMILES string of the molecule is Cc1ccc(N2CC(C(=O)O)NCC2=O)cc1Br. The number of carbonyl (C=O) groups is 2. The lowest BCUT2D eigenvalue weighted by atomic mass is 10.1. The van der Waals surface area contributed by atoms with Gasteiger partial charge in [0, 0.05) is 10.2 Å². The van der Waals surface area contributed by atoms with Gasteiger partial charge in [-0.15, -0.1) is 0 Å². The number of aryl methyl sites for hydroxylation is 1. The van der Waals surface area contributed by atoms with Crippen LogP contribution in [-0.4, -0.2) is 36.1 Å². The summed E-state index contributed by atoms with van der Waals surface area (Å²) in [5.41, 5.74) is 1.78. The van der Waals surface area contributed by atoms with Gasteiger partial charge >= 0.3 is 5.97 Å². The molecule has 2 rings (SSSR count). The van der Waals surface area contributed by atoms with Gasteiger partial charge in [0.05, 0.1) is 13.1 Å². The average Bonchev–Trinajstić information content (AvgIpc) is 2.33. The molecule has 1 atom stereocenters. The van der Waals surface area contributed by atoms with Crippen molar-refractivity contribution >= 4 is 33.5 Å². The maximum atomic E-state index is 11.8. The van der Waals surface area contributed by atoms with Gasteiger partial charge in [-0.3, -0.25) is 14.9 Å². The van der Waals surface area contributed by atoms with Gasteiger partial charge in [-0.1, -0.05) is 22.0 Å². The van der Waals surface area contributed by atoms with E-state index in [4.69, 9.17) is 5.11 Å². The van der Waals surface area contributed by atoms with Crippen molar-refractivity contribution in [2.24, 2.45) is 0 Å². The van der Waals surface area contributed by atoms with Crippen molar-refractivity contribution in [1.29, 1.82) is 0 Å². The molecule has 1 aliphatic heterocycles. The molecule has 1 aromatic rings. The number of carboxylic acids is 1. The first-order chi connectivity index (χ1) is 8.49. The number of halogens is 1. The molecule has 18 heavy (non-hydrogen) atoms. The van der Waals surface area contributed by atoms with Crippen molar-refractivity contribution in [3.63, 3.8) is 0 Å². The normalized spacial score (nSPS) is 20.0. The quantitative estimate of drug-likeness (QED) is 0.859. The third-order valence-electron chi connectivity index (χ3n) is 2.93. The van der Waals surface area contributed by atoms with E-state index in [0.29, 0.717) is 5.69 Å². The van der Waals surface area contributed by atoms with Crippen LogP contribution in [0.5, 0.6) is 0 Å². The van der Waals surface area contributed by atoms with Crippen LogP contribution in [0.2, 0.25) is 0 Å². The molecule has 0 radical (unpaired) electrons. The van der Waals surface area contributed by atoms with Crippen LogP contribution in [0.25, 0.3) is 0 Å². The van der Waals surface area contributed by atoms with E-state index in [1.54, 1.807) is 0 Å². The topological polar surface area (TPSA) is 69.6 Å². The highest BCUT2D eigenvalue weighted by Gasteiger charge is 2.30. The fourth-order valence-corrected chi connectivity index (χ4v) is 2.19. The highest BCUT2D eigenvalue weighted by molar-refractivity contribution is 9.10. The lowest BCUT2D eigenvalue weighted by Gasteiger charge is -2.31. The Kier molecular flexibility index (Phi) is 3.68. The molecule has 1 fully saturated rings. The van der Waals surface area contributed by atoms with Crippen LogP contribution in [0.4, 0.5) is 5.69 Å². The molecule has 1 aliphatic rings. The summed E-state index contributed by atoms with van der Waals surface area (Å²) in [7, 11) is 0. The number of anilines is 1. The number of carboxylic acid groups (broad SMARTS) is 1. The number of aliphatic carboxylic acids is 1. The number of hydrogen-bond donors (Lipinski definition) is 2. The lowest BCUT2D eigenvalue weighted by molar-refractivity contribution is -0.139. The van der Waals surface area contributed by atoms with E-state index in [1.165, 1.54) is 4.90 Å². The summed E-state index contributed by atoms with van der Waals surface area (Å²) in [6.45, 7) is 2.14. The summed E-state index contributed by atoms with van der Waals surface area (Å²) in [4.78, 5) is 24.3. The van der Waals surface area contributed by atoms with Crippen LogP contribution < -0.4 is 10.2 Å². The van der Waals surface area contributed by atoms with Crippen molar-refractivity contribution in [2.45, 2.75) is 13.0 Å². The second-order valence-electron chi connectivity index (χ2n) is 4.21. The third kappa shape index (κ3) is 2.54. The van der Waals surface area contributed by atoms with Crippen LogP contribution in [0.15, 0.2) is 22.7 Å². The molecule has 0 aromatic heterocycles. The Morgan fingerprint density at radius 3 is 2.89 bits per heavy atom. The van der Waals surface area contributed by atoms with E-state index in [0.717, 1.165) is 10.0 Å². The fraction of sp³-hybridized carbons (Fsp3) is 0.333. The molecule has 5 nitrogen and oxygen atoms in total. The van der Waals surface area contributed by atoms with E-state index >= 15 is 0 Å². The van der Waals surface area contributed by atoms with Crippen LogP contribution in [0.3, 0.4) is 0 Å². The molecule has 0 spiro atoms. The highest BCUT2D eigenvalue weighted by Crippen LogP contribution is 2.24. The summed E-state index contributed by atoms with van der Waals surface area (Å²) in [5.74, 6) is -1.07. The van der Waals surface area contributed by atoms with Crippen molar-refractivity contribution in [1.82, 2.24) is 5.32 Å². The number of piperazine rings is 1. The van der Waals surface area contributed by atoms with Gasteiger partial charge < -0.3 is 10.0 Å². The molecule has 0 saturated carbocycles. The van der Waals surface area contributed by atoms with Crippen LogP contribution in [0, 0.1) is 6.92 Å². The molecule has 1 unspecified atom stereocenters. The van der Waals surface area contributed by atoms with Gasteiger partial charge in [0.2, 0.25) is 5.91 Å².